The Kier molecular flexibility index (Phi) is 5.90. The fraction of sp³-hybridized carbons (Fsp3) is 0.316. The van der Waals surface area contributed by atoms with Crippen LogP contribution in [0.25, 0.3) is 0 Å². The van der Waals surface area contributed by atoms with E-state index >= 15 is 0 Å². The van der Waals surface area contributed by atoms with Gasteiger partial charge in [-0.15, -0.1) is 0 Å². The molecule has 0 bridgehead atoms. The van der Waals surface area contributed by atoms with Gasteiger partial charge in [0.25, 0.3) is 5.91 Å². The van der Waals surface area contributed by atoms with E-state index in [0.29, 0.717) is 11.4 Å². The summed E-state index contributed by atoms with van der Waals surface area (Å²) in [7, 11) is 0. The molecule has 1 saturated heterocycles. The second kappa shape index (κ2) is 8.38. The number of hydrogen-bond acceptors (Lipinski definition) is 4. The predicted octanol–water partition coefficient (Wildman–Crippen LogP) is 2.56. The number of halogens is 3. The maximum Gasteiger partial charge on any atom is 0.405 e. The maximum absolute atomic E-state index is 12.4. The Morgan fingerprint density at radius 1 is 1.17 bits per heavy atom. The van der Waals surface area contributed by atoms with Crippen LogP contribution in [0.4, 0.5) is 18.9 Å². The fourth-order valence-electron chi connectivity index (χ4n) is 2.92. The number of benzene rings is 1. The molecule has 29 heavy (non-hydrogen) atoms. The predicted molar refractivity (Wildman–Crippen MR) is 95.7 cm³/mol. The number of furan rings is 1. The van der Waals surface area contributed by atoms with Gasteiger partial charge in [0, 0.05) is 24.2 Å². The van der Waals surface area contributed by atoms with Gasteiger partial charge in [0.15, 0.2) is 0 Å². The highest BCUT2D eigenvalue weighted by atomic mass is 19.4. The number of carbonyl (C=O) groups excluding carboxylic acids is 3. The number of hydrogen-bond donors (Lipinski definition) is 2. The molecule has 0 spiro atoms. The van der Waals surface area contributed by atoms with Crippen molar-refractivity contribution < 1.29 is 32.0 Å². The minimum atomic E-state index is -4.49. The molecule has 1 atom stereocenters. The van der Waals surface area contributed by atoms with Gasteiger partial charge in [0.05, 0.1) is 18.7 Å². The number of nitrogens with zero attached hydrogens (tertiary/aromatic N) is 1. The molecule has 0 saturated carbocycles. The van der Waals surface area contributed by atoms with Crippen molar-refractivity contribution in [3.05, 3.63) is 54.0 Å². The monoisotopic (exact) mass is 409 g/mol. The summed E-state index contributed by atoms with van der Waals surface area (Å²) in [6, 6.07) is 8.91. The van der Waals surface area contributed by atoms with E-state index in [1.165, 1.54) is 35.4 Å². The Bertz CT molecular complexity index is 879. The van der Waals surface area contributed by atoms with Crippen LogP contribution in [0.15, 0.2) is 47.1 Å². The fourth-order valence-corrected chi connectivity index (χ4v) is 2.92. The average Bonchev–Trinajstić information content (AvgIpc) is 3.30. The van der Waals surface area contributed by atoms with Gasteiger partial charge in [-0.2, -0.15) is 13.2 Å². The summed E-state index contributed by atoms with van der Waals surface area (Å²) in [6.45, 7) is -0.880. The summed E-state index contributed by atoms with van der Waals surface area (Å²) < 4.78 is 41.7. The molecular formula is C19H18F3N3O4. The van der Waals surface area contributed by atoms with Crippen LogP contribution in [0, 0.1) is 5.92 Å². The van der Waals surface area contributed by atoms with E-state index in [1.807, 2.05) is 0 Å². The second-order valence-corrected chi connectivity index (χ2v) is 6.62. The zero-order valence-electron chi connectivity index (χ0n) is 15.2. The lowest BCUT2D eigenvalue weighted by atomic mass is 10.1. The Morgan fingerprint density at radius 2 is 1.90 bits per heavy atom. The van der Waals surface area contributed by atoms with Crippen LogP contribution in [0.5, 0.6) is 0 Å². The maximum atomic E-state index is 12.4. The summed E-state index contributed by atoms with van der Waals surface area (Å²) in [5.74, 6) is -1.28. The van der Waals surface area contributed by atoms with Crippen LogP contribution in [-0.4, -0.2) is 41.9 Å². The van der Waals surface area contributed by atoms with Gasteiger partial charge in [-0.3, -0.25) is 14.4 Å². The van der Waals surface area contributed by atoms with E-state index in [2.05, 4.69) is 5.32 Å². The molecule has 1 aliphatic heterocycles. The minimum Gasteiger partial charge on any atom is -0.467 e. The van der Waals surface area contributed by atoms with Crippen LogP contribution in [0.1, 0.15) is 22.5 Å². The Hall–Kier alpha value is -3.30. The number of nitrogens with one attached hydrogen (secondary N) is 2. The van der Waals surface area contributed by atoms with Crippen molar-refractivity contribution in [1.29, 1.82) is 0 Å². The molecule has 0 aliphatic carbocycles. The smallest absolute Gasteiger partial charge is 0.405 e. The topological polar surface area (TPSA) is 91.7 Å². The largest absolute Gasteiger partial charge is 0.467 e. The van der Waals surface area contributed by atoms with Crippen LogP contribution in [-0.2, 0) is 16.1 Å². The molecule has 1 aromatic carbocycles. The van der Waals surface area contributed by atoms with Gasteiger partial charge in [0.1, 0.15) is 12.3 Å². The number of rotatable bonds is 6. The number of anilines is 1. The molecule has 1 aromatic heterocycles. The lowest BCUT2D eigenvalue weighted by molar-refractivity contribution is -0.129. The molecule has 0 radical (unpaired) electrons. The normalized spacial score (nSPS) is 16.7. The van der Waals surface area contributed by atoms with E-state index in [4.69, 9.17) is 4.42 Å². The summed E-state index contributed by atoms with van der Waals surface area (Å²) in [5, 5.41) is 4.42. The van der Waals surface area contributed by atoms with E-state index in [1.54, 1.807) is 17.4 Å². The third kappa shape index (κ3) is 5.59. The van der Waals surface area contributed by atoms with Gasteiger partial charge < -0.3 is 20.0 Å². The van der Waals surface area contributed by atoms with Crippen LogP contribution < -0.4 is 10.6 Å². The van der Waals surface area contributed by atoms with Crippen molar-refractivity contribution in [1.82, 2.24) is 10.2 Å². The summed E-state index contributed by atoms with van der Waals surface area (Å²) >= 11 is 0. The van der Waals surface area contributed by atoms with Crippen molar-refractivity contribution in [2.24, 2.45) is 5.92 Å². The Labute approximate surface area is 163 Å². The quantitative estimate of drug-likeness (QED) is 0.767. The first-order valence-electron chi connectivity index (χ1n) is 8.77. The van der Waals surface area contributed by atoms with Crippen LogP contribution in [0.2, 0.25) is 0 Å². The molecule has 10 heteroatoms. The highest BCUT2D eigenvalue weighted by molar-refractivity contribution is 5.98. The van der Waals surface area contributed by atoms with Crippen molar-refractivity contribution in [2.45, 2.75) is 19.1 Å². The van der Waals surface area contributed by atoms with Gasteiger partial charge in [-0.1, -0.05) is 0 Å². The number of likely N-dealkylation sites (tertiary alicyclic amines) is 1. The standard InChI is InChI=1S/C19H18F3N3O4/c20-19(21,22)11-23-17(27)12-3-5-14(6-4-12)24-18(28)13-8-16(26)25(9-13)10-15-2-1-7-29-15/h1-7,13H,8-11H2,(H,23,27)(H,24,28). The number of alkyl halides is 3. The first kappa shape index (κ1) is 20.4. The lowest BCUT2D eigenvalue weighted by Crippen LogP contribution is -2.33. The van der Waals surface area contributed by atoms with E-state index < -0.39 is 24.5 Å². The van der Waals surface area contributed by atoms with Crippen LogP contribution in [0.3, 0.4) is 0 Å². The number of amides is 3. The third-order valence-corrected chi connectivity index (χ3v) is 4.38. The summed E-state index contributed by atoms with van der Waals surface area (Å²) in [6.07, 6.45) is -2.91. The third-order valence-electron chi connectivity index (χ3n) is 4.38. The lowest BCUT2D eigenvalue weighted by Gasteiger charge is -2.15. The van der Waals surface area contributed by atoms with E-state index in [9.17, 15) is 27.6 Å². The molecular weight excluding hydrogens is 391 g/mol. The first-order valence-corrected chi connectivity index (χ1v) is 8.77. The number of carbonyl (C=O) groups is 3. The van der Waals surface area contributed by atoms with Gasteiger partial charge >= 0.3 is 6.18 Å². The molecule has 3 rings (SSSR count). The van der Waals surface area contributed by atoms with Gasteiger partial charge in [-0.25, -0.2) is 0 Å². The Balaban J connectivity index is 1.53. The molecule has 1 aliphatic rings. The Morgan fingerprint density at radius 3 is 2.52 bits per heavy atom. The molecule has 2 N–H and O–H groups in total. The summed E-state index contributed by atoms with van der Waals surface area (Å²) in [4.78, 5) is 37.7. The summed E-state index contributed by atoms with van der Waals surface area (Å²) in [5.41, 5.74) is 0.409. The average molecular weight is 409 g/mol. The highest BCUT2D eigenvalue weighted by Gasteiger charge is 2.34. The minimum absolute atomic E-state index is 0.0351. The molecule has 3 amide bonds. The SMILES string of the molecule is O=C(NCC(F)(F)F)c1ccc(NC(=O)C2CC(=O)N(Cc3ccco3)C2)cc1. The van der Waals surface area contributed by atoms with Crippen molar-refractivity contribution in [3.63, 3.8) is 0 Å². The first-order chi connectivity index (χ1) is 13.7. The zero-order valence-corrected chi connectivity index (χ0v) is 15.2. The van der Waals surface area contributed by atoms with Crippen LogP contribution >= 0.6 is 0 Å². The molecule has 2 aromatic rings. The van der Waals surface area contributed by atoms with Crippen molar-refractivity contribution in [3.8, 4) is 0 Å². The molecule has 154 valence electrons. The van der Waals surface area contributed by atoms with Crippen molar-refractivity contribution in [2.75, 3.05) is 18.4 Å². The molecule has 1 unspecified atom stereocenters. The molecule has 1 fully saturated rings. The van der Waals surface area contributed by atoms with E-state index in [-0.39, 0.29) is 36.9 Å². The van der Waals surface area contributed by atoms with Crippen molar-refractivity contribution >= 4 is 23.4 Å². The van der Waals surface area contributed by atoms with Gasteiger partial charge in [0.2, 0.25) is 11.8 Å². The molecule has 2 heterocycles. The molecule has 7 nitrogen and oxygen atoms in total. The highest BCUT2D eigenvalue weighted by Crippen LogP contribution is 2.22. The zero-order chi connectivity index (χ0) is 21.0. The van der Waals surface area contributed by atoms with E-state index in [0.717, 1.165) is 0 Å². The second-order valence-electron chi connectivity index (χ2n) is 6.62. The van der Waals surface area contributed by atoms with Gasteiger partial charge in [-0.05, 0) is 36.4 Å².